The Bertz CT molecular complexity index is 660. The third kappa shape index (κ3) is 3.65. The van der Waals surface area contributed by atoms with Crippen molar-refractivity contribution in [2.75, 3.05) is 6.54 Å². The number of hydrogen-bond donors (Lipinski definition) is 1. The zero-order valence-corrected chi connectivity index (χ0v) is 13.4. The van der Waals surface area contributed by atoms with Gasteiger partial charge < -0.3 is 5.32 Å². The molecule has 1 aliphatic rings. The lowest BCUT2D eigenvalue weighted by molar-refractivity contribution is -0.120. The number of aromatic nitrogens is 2. The molecule has 0 radical (unpaired) electrons. The van der Waals surface area contributed by atoms with Gasteiger partial charge in [-0.05, 0) is 25.8 Å². The van der Waals surface area contributed by atoms with Crippen LogP contribution in [0, 0.1) is 6.92 Å². The summed E-state index contributed by atoms with van der Waals surface area (Å²) in [7, 11) is 0. The van der Waals surface area contributed by atoms with E-state index in [0.29, 0.717) is 5.16 Å². The Morgan fingerprint density at radius 1 is 1.18 bits per heavy atom. The summed E-state index contributed by atoms with van der Waals surface area (Å²) < 4.78 is 0. The normalized spacial score (nSPS) is 18.6. The Kier molecular flexibility index (Phi) is 4.73. The highest BCUT2D eigenvalue weighted by molar-refractivity contribution is 8.00. The quantitative estimate of drug-likeness (QED) is 0.884. The van der Waals surface area contributed by atoms with Gasteiger partial charge in [0.2, 0.25) is 5.91 Å². The van der Waals surface area contributed by atoms with Crippen molar-refractivity contribution in [3.63, 3.8) is 0 Å². The van der Waals surface area contributed by atoms with Crippen molar-refractivity contribution in [1.82, 2.24) is 15.3 Å². The van der Waals surface area contributed by atoms with Crippen LogP contribution in [-0.2, 0) is 4.79 Å². The van der Waals surface area contributed by atoms with Crippen LogP contribution in [0.4, 0.5) is 0 Å². The molecule has 0 saturated carbocycles. The smallest absolute Gasteiger partial charge is 0.233 e. The minimum Gasteiger partial charge on any atom is -0.355 e. The van der Waals surface area contributed by atoms with E-state index in [1.165, 1.54) is 11.8 Å². The molecule has 0 bridgehead atoms. The van der Waals surface area contributed by atoms with Crippen molar-refractivity contribution in [2.24, 2.45) is 0 Å². The van der Waals surface area contributed by atoms with Gasteiger partial charge in [0.15, 0.2) is 5.16 Å². The fourth-order valence-corrected chi connectivity index (χ4v) is 3.58. The maximum absolute atomic E-state index is 12.1. The number of thioether (sulfide) groups is 1. The lowest BCUT2D eigenvalue weighted by Gasteiger charge is -2.12. The molecule has 1 saturated heterocycles. The van der Waals surface area contributed by atoms with Gasteiger partial charge in [0.1, 0.15) is 0 Å². The monoisotopic (exact) mass is 313 g/mol. The first-order chi connectivity index (χ1) is 10.7. The average Bonchev–Trinajstić information content (AvgIpc) is 2.73. The maximum Gasteiger partial charge on any atom is 0.233 e. The molecule has 1 atom stereocenters. The molecule has 1 aromatic heterocycles. The number of rotatable bonds is 3. The molecule has 1 aromatic carbocycles. The SMILES string of the molecule is Cc1cc(-c2ccccc2)nc(S[C@H]2CCCCNC2=O)n1. The molecule has 2 aromatic rings. The highest BCUT2D eigenvalue weighted by Crippen LogP contribution is 2.27. The molecule has 5 heteroatoms. The first-order valence-electron chi connectivity index (χ1n) is 7.58. The minimum absolute atomic E-state index is 0.0899. The van der Waals surface area contributed by atoms with Gasteiger partial charge >= 0.3 is 0 Å². The molecule has 0 aliphatic carbocycles. The molecule has 0 spiro atoms. The van der Waals surface area contributed by atoms with Gasteiger partial charge in [-0.15, -0.1) is 0 Å². The van der Waals surface area contributed by atoms with Crippen molar-refractivity contribution < 1.29 is 4.79 Å². The predicted octanol–water partition coefficient (Wildman–Crippen LogP) is 3.21. The van der Waals surface area contributed by atoms with Gasteiger partial charge in [-0.1, -0.05) is 48.5 Å². The lowest BCUT2D eigenvalue weighted by atomic mass is 10.1. The van der Waals surface area contributed by atoms with E-state index in [0.717, 1.165) is 42.8 Å². The van der Waals surface area contributed by atoms with Crippen molar-refractivity contribution >= 4 is 17.7 Å². The number of benzene rings is 1. The fraction of sp³-hybridized carbons (Fsp3) is 0.353. The molecule has 1 fully saturated rings. The predicted molar refractivity (Wildman–Crippen MR) is 88.7 cm³/mol. The summed E-state index contributed by atoms with van der Waals surface area (Å²) in [5.41, 5.74) is 2.90. The van der Waals surface area contributed by atoms with Crippen LogP contribution in [0.5, 0.6) is 0 Å². The van der Waals surface area contributed by atoms with Gasteiger partial charge in [0, 0.05) is 17.8 Å². The van der Waals surface area contributed by atoms with E-state index < -0.39 is 0 Å². The largest absolute Gasteiger partial charge is 0.355 e. The molecule has 1 amide bonds. The molecule has 1 aliphatic heterocycles. The second-order valence-corrected chi connectivity index (χ2v) is 6.61. The summed E-state index contributed by atoms with van der Waals surface area (Å²) in [6.07, 6.45) is 3.00. The van der Waals surface area contributed by atoms with Crippen molar-refractivity contribution in [3.8, 4) is 11.3 Å². The second kappa shape index (κ2) is 6.92. The number of aryl methyl sites for hydroxylation is 1. The van der Waals surface area contributed by atoms with E-state index in [-0.39, 0.29) is 11.2 Å². The van der Waals surface area contributed by atoms with E-state index in [4.69, 9.17) is 0 Å². The molecular formula is C17H19N3OS. The first kappa shape index (κ1) is 15.0. The Morgan fingerprint density at radius 2 is 2.00 bits per heavy atom. The van der Waals surface area contributed by atoms with Crippen LogP contribution in [0.3, 0.4) is 0 Å². The number of nitrogens with one attached hydrogen (secondary N) is 1. The van der Waals surface area contributed by atoms with E-state index >= 15 is 0 Å². The number of carbonyl (C=O) groups excluding carboxylic acids is 1. The Balaban J connectivity index is 1.85. The van der Waals surface area contributed by atoms with Gasteiger partial charge in [-0.25, -0.2) is 9.97 Å². The Labute approximate surface area is 134 Å². The van der Waals surface area contributed by atoms with Crippen LogP contribution in [0.15, 0.2) is 41.6 Å². The zero-order valence-electron chi connectivity index (χ0n) is 12.6. The highest BCUT2D eigenvalue weighted by atomic mass is 32.2. The van der Waals surface area contributed by atoms with Crippen LogP contribution < -0.4 is 5.32 Å². The molecule has 2 heterocycles. The minimum atomic E-state index is -0.0899. The number of carbonyl (C=O) groups is 1. The van der Waals surface area contributed by atoms with Gasteiger partial charge in [0.05, 0.1) is 10.9 Å². The van der Waals surface area contributed by atoms with Crippen LogP contribution in [0.1, 0.15) is 25.0 Å². The summed E-state index contributed by atoms with van der Waals surface area (Å²) in [5, 5.41) is 3.55. The Hall–Kier alpha value is -1.88. The number of amides is 1. The number of hydrogen-bond acceptors (Lipinski definition) is 4. The molecule has 114 valence electrons. The second-order valence-electron chi connectivity index (χ2n) is 5.44. The van der Waals surface area contributed by atoms with Crippen molar-refractivity contribution in [3.05, 3.63) is 42.1 Å². The van der Waals surface area contributed by atoms with Crippen LogP contribution in [0.2, 0.25) is 0 Å². The lowest BCUT2D eigenvalue weighted by Crippen LogP contribution is -2.30. The summed E-state index contributed by atoms with van der Waals surface area (Å²) in [6, 6.07) is 12.0. The fourth-order valence-electron chi connectivity index (χ4n) is 2.50. The Morgan fingerprint density at radius 3 is 2.82 bits per heavy atom. The average molecular weight is 313 g/mol. The standard InChI is InChI=1S/C17H19N3OS/c1-12-11-14(13-7-3-2-4-8-13)20-17(19-12)22-15-9-5-6-10-18-16(15)21/h2-4,7-8,11,15H,5-6,9-10H2,1H3,(H,18,21)/t15-/m0/s1. The number of nitrogens with zero attached hydrogens (tertiary/aromatic N) is 2. The summed E-state index contributed by atoms with van der Waals surface area (Å²) in [5.74, 6) is 0.105. The van der Waals surface area contributed by atoms with Gasteiger partial charge in [-0.3, -0.25) is 4.79 Å². The van der Waals surface area contributed by atoms with E-state index in [9.17, 15) is 4.79 Å². The zero-order chi connectivity index (χ0) is 15.4. The van der Waals surface area contributed by atoms with Gasteiger partial charge in [-0.2, -0.15) is 0 Å². The van der Waals surface area contributed by atoms with Gasteiger partial charge in [0.25, 0.3) is 0 Å². The topological polar surface area (TPSA) is 54.9 Å². The molecule has 1 N–H and O–H groups in total. The summed E-state index contributed by atoms with van der Waals surface area (Å²) in [4.78, 5) is 21.2. The first-order valence-corrected chi connectivity index (χ1v) is 8.46. The third-order valence-corrected chi connectivity index (χ3v) is 4.76. The molecule has 22 heavy (non-hydrogen) atoms. The highest BCUT2D eigenvalue weighted by Gasteiger charge is 2.23. The van der Waals surface area contributed by atoms with E-state index in [1.54, 1.807) is 0 Å². The van der Waals surface area contributed by atoms with E-state index in [2.05, 4.69) is 15.3 Å². The molecule has 0 unspecified atom stereocenters. The van der Waals surface area contributed by atoms with Crippen LogP contribution in [0.25, 0.3) is 11.3 Å². The molecule has 3 rings (SSSR count). The van der Waals surface area contributed by atoms with Crippen molar-refractivity contribution in [2.45, 2.75) is 36.6 Å². The van der Waals surface area contributed by atoms with Crippen LogP contribution >= 0.6 is 11.8 Å². The maximum atomic E-state index is 12.1. The van der Waals surface area contributed by atoms with Crippen LogP contribution in [-0.4, -0.2) is 27.7 Å². The summed E-state index contributed by atoms with van der Waals surface area (Å²) >= 11 is 1.47. The van der Waals surface area contributed by atoms with Crippen molar-refractivity contribution in [1.29, 1.82) is 0 Å². The summed E-state index contributed by atoms with van der Waals surface area (Å²) in [6.45, 7) is 2.74. The van der Waals surface area contributed by atoms with E-state index in [1.807, 2.05) is 43.3 Å². The third-order valence-electron chi connectivity index (χ3n) is 3.64. The molecule has 4 nitrogen and oxygen atoms in total. The molecular weight excluding hydrogens is 294 g/mol.